The maximum Gasteiger partial charge on any atom is 0.238 e. The Morgan fingerprint density at radius 1 is 1.27 bits per heavy atom. The number of rotatable bonds is 5. The van der Waals surface area contributed by atoms with E-state index >= 15 is 0 Å². The first kappa shape index (κ1) is 15.8. The number of hydrogen-bond acceptors (Lipinski definition) is 2. The van der Waals surface area contributed by atoms with Crippen LogP contribution in [0.1, 0.15) is 49.7 Å². The van der Waals surface area contributed by atoms with E-state index in [-0.39, 0.29) is 23.9 Å². The Balaban J connectivity index is 1.69. The van der Waals surface area contributed by atoms with E-state index in [1.54, 1.807) is 0 Å². The summed E-state index contributed by atoms with van der Waals surface area (Å²) in [4.78, 5) is 14.2. The van der Waals surface area contributed by atoms with E-state index in [0.717, 1.165) is 25.4 Å². The van der Waals surface area contributed by atoms with Crippen molar-refractivity contribution in [3.63, 3.8) is 0 Å². The van der Waals surface area contributed by atoms with Crippen LogP contribution in [0.4, 0.5) is 0 Å². The molecule has 1 aliphatic carbocycles. The van der Waals surface area contributed by atoms with Crippen LogP contribution < -0.4 is 0 Å². The van der Waals surface area contributed by atoms with Crippen LogP contribution in [0.2, 0.25) is 0 Å². The van der Waals surface area contributed by atoms with Crippen LogP contribution >= 0.6 is 11.6 Å². The largest absolute Gasteiger partial charge is 0.378 e. The topological polar surface area (TPSA) is 29.5 Å². The number of nitrogens with zero attached hydrogens (tertiary/aromatic N) is 1. The molecule has 22 heavy (non-hydrogen) atoms. The number of hydrogen-bond donors (Lipinski definition) is 0. The van der Waals surface area contributed by atoms with Gasteiger partial charge in [-0.25, -0.2) is 0 Å². The molecule has 2 atom stereocenters. The van der Waals surface area contributed by atoms with Crippen molar-refractivity contribution in [1.82, 2.24) is 4.90 Å². The van der Waals surface area contributed by atoms with Gasteiger partial charge in [-0.1, -0.05) is 24.3 Å². The average molecular weight is 322 g/mol. The predicted molar refractivity (Wildman–Crippen MR) is 88.1 cm³/mol. The first-order valence-electron chi connectivity index (χ1n) is 8.23. The zero-order valence-electron chi connectivity index (χ0n) is 13.1. The lowest BCUT2D eigenvalue weighted by atomic mass is 10.0. The minimum atomic E-state index is 0.0204. The molecule has 1 amide bonds. The maximum absolute atomic E-state index is 12.3. The number of ether oxygens (including phenoxy) is 1. The number of carbonyl (C=O) groups excluding carboxylic acids is 1. The highest BCUT2D eigenvalue weighted by molar-refractivity contribution is 6.27. The zero-order valence-corrected chi connectivity index (χ0v) is 13.9. The van der Waals surface area contributed by atoms with Crippen molar-refractivity contribution in [2.24, 2.45) is 0 Å². The van der Waals surface area contributed by atoms with Crippen LogP contribution in [-0.2, 0) is 16.1 Å². The Labute approximate surface area is 137 Å². The maximum atomic E-state index is 12.3. The molecule has 2 fully saturated rings. The Morgan fingerprint density at radius 2 is 2.00 bits per heavy atom. The van der Waals surface area contributed by atoms with Crippen molar-refractivity contribution >= 4 is 17.5 Å². The summed E-state index contributed by atoms with van der Waals surface area (Å²) >= 11 is 5.82. The summed E-state index contributed by atoms with van der Waals surface area (Å²) in [5.74, 6) is 0.837. The lowest BCUT2D eigenvalue weighted by Gasteiger charge is -2.36. The minimum Gasteiger partial charge on any atom is -0.378 e. The number of benzene rings is 1. The van der Waals surface area contributed by atoms with Crippen LogP contribution in [0.5, 0.6) is 0 Å². The first-order chi connectivity index (χ1) is 10.7. The molecule has 0 N–H and O–H groups in total. The summed E-state index contributed by atoms with van der Waals surface area (Å²) in [6.45, 7) is 3.44. The molecule has 1 saturated heterocycles. The van der Waals surface area contributed by atoms with Crippen molar-refractivity contribution in [2.45, 2.75) is 57.2 Å². The van der Waals surface area contributed by atoms with E-state index in [1.807, 2.05) is 4.90 Å². The third kappa shape index (κ3) is 3.82. The van der Waals surface area contributed by atoms with Gasteiger partial charge in [-0.3, -0.25) is 4.79 Å². The predicted octanol–water partition coefficient (Wildman–Crippen LogP) is 3.70. The van der Waals surface area contributed by atoms with Gasteiger partial charge in [0.05, 0.1) is 6.10 Å². The van der Waals surface area contributed by atoms with Crippen LogP contribution in [0.3, 0.4) is 0 Å². The lowest BCUT2D eigenvalue weighted by molar-refractivity contribution is -0.134. The van der Waals surface area contributed by atoms with Gasteiger partial charge in [0.25, 0.3) is 0 Å². The molecule has 1 saturated carbocycles. The van der Waals surface area contributed by atoms with Crippen LogP contribution in [-0.4, -0.2) is 35.4 Å². The summed E-state index contributed by atoms with van der Waals surface area (Å²) in [6, 6.07) is 8.97. The van der Waals surface area contributed by atoms with Gasteiger partial charge < -0.3 is 9.64 Å². The van der Waals surface area contributed by atoms with Gasteiger partial charge in [-0.15, -0.1) is 11.6 Å². The Bertz CT molecular complexity index is 512. The van der Waals surface area contributed by atoms with Gasteiger partial charge in [0, 0.05) is 19.2 Å². The molecule has 4 heteroatoms. The molecular formula is C18H24ClNO2. The minimum absolute atomic E-state index is 0.0204. The highest BCUT2D eigenvalue weighted by Crippen LogP contribution is 2.40. The summed E-state index contributed by atoms with van der Waals surface area (Å²) in [7, 11) is 0. The molecule has 0 unspecified atom stereocenters. The smallest absolute Gasteiger partial charge is 0.238 e. The van der Waals surface area contributed by atoms with Crippen molar-refractivity contribution < 1.29 is 9.53 Å². The van der Waals surface area contributed by atoms with Gasteiger partial charge in [-0.2, -0.15) is 0 Å². The Hall–Kier alpha value is -1.06. The molecule has 0 aromatic heterocycles. The van der Waals surface area contributed by atoms with E-state index in [4.69, 9.17) is 16.3 Å². The Morgan fingerprint density at radius 3 is 2.59 bits per heavy atom. The molecule has 1 aliphatic heterocycles. The first-order valence-corrected chi connectivity index (χ1v) is 8.76. The molecule has 1 aromatic rings. The molecule has 1 aromatic carbocycles. The van der Waals surface area contributed by atoms with Gasteiger partial charge >= 0.3 is 0 Å². The summed E-state index contributed by atoms with van der Waals surface area (Å²) in [6.07, 6.45) is 4.63. The van der Waals surface area contributed by atoms with Crippen molar-refractivity contribution in [2.75, 3.05) is 12.5 Å². The van der Waals surface area contributed by atoms with Gasteiger partial charge in [0.15, 0.2) is 0 Å². The van der Waals surface area contributed by atoms with Crippen molar-refractivity contribution in [3.8, 4) is 0 Å². The van der Waals surface area contributed by atoms with Gasteiger partial charge in [0.1, 0.15) is 5.88 Å². The van der Waals surface area contributed by atoms with E-state index in [9.17, 15) is 4.79 Å². The van der Waals surface area contributed by atoms with E-state index in [0.29, 0.717) is 6.54 Å². The molecule has 120 valence electrons. The van der Waals surface area contributed by atoms with Crippen molar-refractivity contribution in [3.05, 3.63) is 35.4 Å². The molecular weight excluding hydrogens is 298 g/mol. The fraction of sp³-hybridized carbons (Fsp3) is 0.611. The standard InChI is InChI=1S/C18H24ClNO2/c1-13-10-17(8-9-22-13)20(18(21)11-19)12-14-2-4-15(5-3-14)16-6-7-16/h2-5,13,16-17H,6-12H2,1H3/t13-,17+/m1/s1. The summed E-state index contributed by atoms with van der Waals surface area (Å²) in [5, 5.41) is 0. The summed E-state index contributed by atoms with van der Waals surface area (Å²) in [5.41, 5.74) is 2.61. The molecule has 0 bridgehead atoms. The number of halogens is 1. The van der Waals surface area contributed by atoms with E-state index in [2.05, 4.69) is 31.2 Å². The number of carbonyl (C=O) groups is 1. The lowest BCUT2D eigenvalue weighted by Crippen LogP contribution is -2.45. The van der Waals surface area contributed by atoms with Gasteiger partial charge in [-0.05, 0) is 49.7 Å². The number of amides is 1. The molecule has 2 aliphatic rings. The highest BCUT2D eigenvalue weighted by Gasteiger charge is 2.28. The SMILES string of the molecule is C[C@@H]1C[C@@H](N(Cc2ccc(C3CC3)cc2)C(=O)CCl)CCO1. The van der Waals surface area contributed by atoms with Gasteiger partial charge in [0.2, 0.25) is 5.91 Å². The van der Waals surface area contributed by atoms with Crippen LogP contribution in [0, 0.1) is 0 Å². The normalized spacial score (nSPS) is 25.0. The monoisotopic (exact) mass is 321 g/mol. The van der Waals surface area contributed by atoms with E-state index < -0.39 is 0 Å². The zero-order chi connectivity index (χ0) is 15.5. The van der Waals surface area contributed by atoms with Crippen molar-refractivity contribution in [1.29, 1.82) is 0 Å². The second-order valence-electron chi connectivity index (χ2n) is 6.53. The molecule has 0 spiro atoms. The van der Waals surface area contributed by atoms with E-state index in [1.165, 1.54) is 24.0 Å². The molecule has 3 nitrogen and oxygen atoms in total. The second kappa shape index (κ2) is 7.01. The molecule has 3 rings (SSSR count). The quantitative estimate of drug-likeness (QED) is 0.774. The fourth-order valence-corrected chi connectivity index (χ4v) is 3.42. The second-order valence-corrected chi connectivity index (χ2v) is 6.80. The molecule has 1 heterocycles. The van der Waals surface area contributed by atoms with Crippen LogP contribution in [0.25, 0.3) is 0 Å². The third-order valence-corrected chi connectivity index (χ3v) is 4.94. The fourth-order valence-electron chi connectivity index (χ4n) is 3.26. The average Bonchev–Trinajstić information content (AvgIpc) is 3.37. The Kier molecular flexibility index (Phi) is 5.04. The van der Waals surface area contributed by atoms with Crippen LogP contribution in [0.15, 0.2) is 24.3 Å². The summed E-state index contributed by atoms with van der Waals surface area (Å²) < 4.78 is 5.60. The molecule has 0 radical (unpaired) electrons. The highest BCUT2D eigenvalue weighted by atomic mass is 35.5. The number of alkyl halides is 1. The third-order valence-electron chi connectivity index (χ3n) is 4.71.